The molecule has 0 aliphatic rings. The molecule has 0 aromatic carbocycles. The Morgan fingerprint density at radius 2 is 2.05 bits per heavy atom. The minimum Gasteiger partial charge on any atom is -0.480 e. The molecule has 0 radical (unpaired) electrons. The Bertz CT molecular complexity index is 589. The molecule has 112 valence electrons. The number of hydrogen-bond donors (Lipinski definition) is 2. The molecular weight excluding hydrogens is 286 g/mol. The largest absolute Gasteiger partial charge is 0.480 e. The fourth-order valence-corrected chi connectivity index (χ4v) is 2.09. The van der Waals surface area contributed by atoms with Crippen LogP contribution in [0.25, 0.3) is 0 Å². The highest BCUT2D eigenvalue weighted by molar-refractivity contribution is 7.90. The summed E-state index contributed by atoms with van der Waals surface area (Å²) in [7, 11) is -3.54. The first-order valence-electron chi connectivity index (χ1n) is 6.09. The highest BCUT2D eigenvalue weighted by Crippen LogP contribution is 2.14. The molecule has 0 fully saturated rings. The Labute approximate surface area is 116 Å². The monoisotopic (exact) mass is 303 g/mol. The maximum atomic E-state index is 11.8. The van der Waals surface area contributed by atoms with E-state index >= 15 is 0 Å². The second kappa shape index (κ2) is 6.56. The van der Waals surface area contributed by atoms with Crippen molar-refractivity contribution in [2.75, 3.05) is 6.26 Å². The summed E-state index contributed by atoms with van der Waals surface area (Å²) in [5, 5.41) is 11.0. The molecule has 0 bridgehead atoms. The number of carboxylic acids is 1. The van der Waals surface area contributed by atoms with E-state index in [2.05, 4.69) is 5.32 Å². The van der Waals surface area contributed by atoms with Gasteiger partial charge in [0.05, 0.1) is 0 Å². The normalized spacial score (nSPS) is 12.9. The molecular formula is C12H17NO6S. The van der Waals surface area contributed by atoms with Gasteiger partial charge in [0.15, 0.2) is 5.76 Å². The minimum absolute atomic E-state index is 0.229. The zero-order valence-electron chi connectivity index (χ0n) is 11.3. The van der Waals surface area contributed by atoms with Gasteiger partial charge in [-0.2, -0.15) is 0 Å². The first-order valence-corrected chi connectivity index (χ1v) is 7.98. The summed E-state index contributed by atoms with van der Waals surface area (Å²) in [6, 6.07) is 1.34. The third-order valence-corrected chi connectivity index (χ3v) is 3.57. The number of unbranched alkanes of at least 4 members (excludes halogenated alkanes) is 1. The molecule has 0 unspecified atom stereocenters. The number of furan rings is 1. The molecule has 0 saturated carbocycles. The maximum absolute atomic E-state index is 11.8. The van der Waals surface area contributed by atoms with E-state index in [9.17, 15) is 18.0 Å². The Balaban J connectivity index is 2.79. The average molecular weight is 303 g/mol. The van der Waals surface area contributed by atoms with Crippen LogP contribution in [0.15, 0.2) is 21.6 Å². The van der Waals surface area contributed by atoms with Gasteiger partial charge in [-0.15, -0.1) is 0 Å². The third-order valence-electron chi connectivity index (χ3n) is 2.62. The van der Waals surface area contributed by atoms with Gasteiger partial charge in [0, 0.05) is 6.26 Å². The van der Waals surface area contributed by atoms with E-state index in [1.165, 1.54) is 6.07 Å². The van der Waals surface area contributed by atoms with Crippen LogP contribution < -0.4 is 5.32 Å². The predicted octanol–water partition coefficient (Wildman–Crippen LogP) is 1.06. The molecule has 0 aliphatic carbocycles. The van der Waals surface area contributed by atoms with Crippen molar-refractivity contribution in [1.29, 1.82) is 0 Å². The van der Waals surface area contributed by atoms with Crippen LogP contribution in [0.1, 0.15) is 36.7 Å². The summed E-state index contributed by atoms with van der Waals surface area (Å²) >= 11 is 0. The lowest BCUT2D eigenvalue weighted by Crippen LogP contribution is -2.40. The van der Waals surface area contributed by atoms with Gasteiger partial charge in [0.25, 0.3) is 5.91 Å². The van der Waals surface area contributed by atoms with Gasteiger partial charge in [-0.25, -0.2) is 13.2 Å². The number of nitrogens with one attached hydrogen (secondary N) is 1. The molecule has 1 aromatic rings. The van der Waals surface area contributed by atoms with Crippen molar-refractivity contribution in [2.45, 2.75) is 37.3 Å². The zero-order chi connectivity index (χ0) is 15.3. The number of aliphatic carboxylic acids is 1. The fourth-order valence-electron chi connectivity index (χ4n) is 1.54. The predicted molar refractivity (Wildman–Crippen MR) is 70.2 cm³/mol. The quantitative estimate of drug-likeness (QED) is 0.778. The number of carbonyl (C=O) groups is 2. The lowest BCUT2D eigenvalue weighted by Gasteiger charge is -2.12. The minimum atomic E-state index is -3.54. The molecule has 1 amide bonds. The molecule has 1 atom stereocenters. The highest BCUT2D eigenvalue weighted by atomic mass is 32.2. The summed E-state index contributed by atoms with van der Waals surface area (Å²) in [5.41, 5.74) is 0. The molecule has 1 rings (SSSR count). The standard InChI is InChI=1S/C12H17NO6S/c1-3-4-5-8(12(15)16)13-11(14)9-6-7-10(19-9)20(2,17)18/h6-8H,3-5H2,1-2H3,(H,13,14)(H,15,16)/t8-/m0/s1. The number of hydrogen-bond acceptors (Lipinski definition) is 5. The van der Waals surface area contributed by atoms with Gasteiger partial charge in [0.2, 0.25) is 14.9 Å². The SMILES string of the molecule is CCCC[C@H](NC(=O)c1ccc(S(C)(=O)=O)o1)C(=O)O. The van der Waals surface area contributed by atoms with Gasteiger partial charge in [-0.05, 0) is 18.6 Å². The number of sulfone groups is 1. The van der Waals surface area contributed by atoms with Crippen molar-refractivity contribution in [3.8, 4) is 0 Å². The van der Waals surface area contributed by atoms with Crippen LogP contribution in [-0.2, 0) is 14.6 Å². The molecule has 0 aliphatic heterocycles. The fraction of sp³-hybridized carbons (Fsp3) is 0.500. The van der Waals surface area contributed by atoms with Crippen LogP contribution >= 0.6 is 0 Å². The second-order valence-electron chi connectivity index (χ2n) is 4.40. The summed E-state index contributed by atoms with van der Waals surface area (Å²) in [6.07, 6.45) is 2.72. The number of amides is 1. The Hall–Kier alpha value is -1.83. The van der Waals surface area contributed by atoms with Crippen LogP contribution in [0.5, 0.6) is 0 Å². The molecule has 2 N–H and O–H groups in total. The van der Waals surface area contributed by atoms with Gasteiger partial charge in [-0.3, -0.25) is 4.79 Å². The lowest BCUT2D eigenvalue weighted by atomic mass is 10.1. The van der Waals surface area contributed by atoms with Crippen LogP contribution in [0.3, 0.4) is 0 Å². The van der Waals surface area contributed by atoms with E-state index < -0.39 is 27.8 Å². The Morgan fingerprint density at radius 1 is 1.40 bits per heavy atom. The third kappa shape index (κ3) is 4.37. The van der Waals surface area contributed by atoms with Gasteiger partial charge in [-0.1, -0.05) is 19.8 Å². The van der Waals surface area contributed by atoms with Crippen LogP contribution in [0.2, 0.25) is 0 Å². The molecule has 20 heavy (non-hydrogen) atoms. The van der Waals surface area contributed by atoms with E-state index in [1.54, 1.807) is 0 Å². The van der Waals surface area contributed by atoms with Crippen molar-refractivity contribution in [1.82, 2.24) is 5.32 Å². The van der Waals surface area contributed by atoms with Crippen LogP contribution in [-0.4, -0.2) is 37.7 Å². The maximum Gasteiger partial charge on any atom is 0.326 e. The molecule has 0 saturated heterocycles. The lowest BCUT2D eigenvalue weighted by molar-refractivity contribution is -0.139. The first-order chi connectivity index (χ1) is 9.25. The van der Waals surface area contributed by atoms with E-state index in [0.29, 0.717) is 12.8 Å². The second-order valence-corrected chi connectivity index (χ2v) is 6.34. The summed E-state index contributed by atoms with van der Waals surface area (Å²) in [6.45, 7) is 1.91. The molecule has 8 heteroatoms. The smallest absolute Gasteiger partial charge is 0.326 e. The molecule has 0 spiro atoms. The Kier molecular flexibility index (Phi) is 5.32. The van der Waals surface area contributed by atoms with E-state index in [-0.39, 0.29) is 10.9 Å². The van der Waals surface area contributed by atoms with Crippen molar-refractivity contribution < 1.29 is 27.5 Å². The van der Waals surface area contributed by atoms with Gasteiger partial charge >= 0.3 is 5.97 Å². The molecule has 1 aromatic heterocycles. The molecule has 1 heterocycles. The van der Waals surface area contributed by atoms with Gasteiger partial charge in [0.1, 0.15) is 6.04 Å². The van der Waals surface area contributed by atoms with Crippen molar-refractivity contribution >= 4 is 21.7 Å². The summed E-state index contributed by atoms with van der Waals surface area (Å²) in [4.78, 5) is 22.8. The average Bonchev–Trinajstić information content (AvgIpc) is 2.83. The van der Waals surface area contributed by atoms with Crippen molar-refractivity contribution in [3.63, 3.8) is 0 Å². The number of rotatable bonds is 7. The zero-order valence-corrected chi connectivity index (χ0v) is 12.1. The van der Waals surface area contributed by atoms with Gasteiger partial charge < -0.3 is 14.8 Å². The van der Waals surface area contributed by atoms with Crippen LogP contribution in [0, 0.1) is 0 Å². The summed E-state index contributed by atoms with van der Waals surface area (Å²) in [5.74, 6) is -2.11. The van der Waals surface area contributed by atoms with E-state index in [1.807, 2.05) is 6.92 Å². The Morgan fingerprint density at radius 3 is 2.50 bits per heavy atom. The van der Waals surface area contributed by atoms with Crippen LogP contribution in [0.4, 0.5) is 0 Å². The van der Waals surface area contributed by atoms with E-state index in [4.69, 9.17) is 9.52 Å². The highest BCUT2D eigenvalue weighted by Gasteiger charge is 2.23. The first kappa shape index (κ1) is 16.2. The van der Waals surface area contributed by atoms with E-state index in [0.717, 1.165) is 18.7 Å². The number of carboxylic acid groups (broad SMARTS) is 1. The molecule has 7 nitrogen and oxygen atoms in total. The van der Waals surface area contributed by atoms with Crippen molar-refractivity contribution in [2.24, 2.45) is 0 Å². The topological polar surface area (TPSA) is 114 Å². The van der Waals surface area contributed by atoms with Crippen molar-refractivity contribution in [3.05, 3.63) is 17.9 Å². The number of carbonyl (C=O) groups excluding carboxylic acids is 1. The summed E-state index contributed by atoms with van der Waals surface area (Å²) < 4.78 is 27.3.